The molecule has 1 aliphatic carbocycles. The second-order valence-electron chi connectivity index (χ2n) is 7.30. The van der Waals surface area contributed by atoms with Gasteiger partial charge in [-0.3, -0.25) is 4.79 Å². The lowest BCUT2D eigenvalue weighted by Gasteiger charge is -2.32. The highest BCUT2D eigenvalue weighted by Gasteiger charge is 2.31. The van der Waals surface area contributed by atoms with E-state index in [2.05, 4.69) is 10.0 Å². The van der Waals surface area contributed by atoms with Gasteiger partial charge in [-0.2, -0.15) is 0 Å². The number of nitrogens with one attached hydrogen (secondary N) is 2. The SMILES string of the molecule is CNC1CCCN(C(=O)c2sccc2S(=O)(=O)NC2CCCCCC2)C1.Cl. The van der Waals surface area contributed by atoms with Gasteiger partial charge >= 0.3 is 0 Å². The Labute approximate surface area is 172 Å². The summed E-state index contributed by atoms with van der Waals surface area (Å²) in [7, 11) is -1.77. The van der Waals surface area contributed by atoms with Crippen molar-refractivity contribution in [3.8, 4) is 0 Å². The molecule has 2 N–H and O–H groups in total. The maximum atomic E-state index is 13.0. The summed E-state index contributed by atoms with van der Waals surface area (Å²) in [5.74, 6) is -0.166. The van der Waals surface area contributed by atoms with Crippen molar-refractivity contribution in [3.05, 3.63) is 16.3 Å². The minimum Gasteiger partial charge on any atom is -0.336 e. The van der Waals surface area contributed by atoms with E-state index in [9.17, 15) is 13.2 Å². The van der Waals surface area contributed by atoms with Crippen LogP contribution >= 0.6 is 23.7 Å². The molecule has 2 fully saturated rings. The first-order valence-electron chi connectivity index (χ1n) is 9.57. The van der Waals surface area contributed by atoms with Crippen LogP contribution in [-0.2, 0) is 10.0 Å². The summed E-state index contributed by atoms with van der Waals surface area (Å²) in [6.45, 7) is 1.31. The Morgan fingerprint density at radius 2 is 1.78 bits per heavy atom. The molecular formula is C18H30ClN3O3S2. The van der Waals surface area contributed by atoms with Crippen molar-refractivity contribution in [1.82, 2.24) is 14.9 Å². The van der Waals surface area contributed by atoms with Gasteiger partial charge in [-0.1, -0.05) is 25.7 Å². The Hall–Kier alpha value is -0.670. The van der Waals surface area contributed by atoms with Crippen molar-refractivity contribution >= 4 is 39.7 Å². The molecule has 1 aromatic rings. The van der Waals surface area contributed by atoms with Crippen molar-refractivity contribution in [1.29, 1.82) is 0 Å². The summed E-state index contributed by atoms with van der Waals surface area (Å²) in [5.41, 5.74) is 0. The van der Waals surface area contributed by atoms with E-state index in [1.807, 2.05) is 7.05 Å². The number of amides is 1. The van der Waals surface area contributed by atoms with E-state index < -0.39 is 10.0 Å². The van der Waals surface area contributed by atoms with Gasteiger partial charge in [0, 0.05) is 25.2 Å². The first-order chi connectivity index (χ1) is 12.5. The Morgan fingerprint density at radius 3 is 2.44 bits per heavy atom. The summed E-state index contributed by atoms with van der Waals surface area (Å²) in [4.78, 5) is 15.2. The van der Waals surface area contributed by atoms with Crippen molar-refractivity contribution in [2.45, 2.75) is 68.3 Å². The summed E-state index contributed by atoms with van der Waals surface area (Å²) in [6, 6.07) is 1.82. The Kier molecular flexibility index (Phi) is 8.55. The third-order valence-corrected chi connectivity index (χ3v) is 8.00. The van der Waals surface area contributed by atoms with Gasteiger partial charge in [0.1, 0.15) is 9.77 Å². The number of sulfonamides is 1. The normalized spacial score (nSPS) is 22.1. The van der Waals surface area contributed by atoms with E-state index in [4.69, 9.17) is 0 Å². The number of hydrogen-bond donors (Lipinski definition) is 2. The maximum absolute atomic E-state index is 13.0. The number of hydrogen-bond acceptors (Lipinski definition) is 5. The lowest BCUT2D eigenvalue weighted by molar-refractivity contribution is 0.0699. The van der Waals surface area contributed by atoms with E-state index in [-0.39, 0.29) is 35.3 Å². The lowest BCUT2D eigenvalue weighted by atomic mass is 10.1. The Balaban J connectivity index is 0.00000261. The smallest absolute Gasteiger partial charge is 0.265 e. The second kappa shape index (κ2) is 10.2. The fourth-order valence-corrected chi connectivity index (χ4v) is 6.58. The molecule has 1 aliphatic heterocycles. The van der Waals surface area contributed by atoms with Crippen molar-refractivity contribution < 1.29 is 13.2 Å². The third-order valence-electron chi connectivity index (χ3n) is 5.41. The number of nitrogens with zero attached hydrogens (tertiary/aromatic N) is 1. The van der Waals surface area contributed by atoms with Gasteiger partial charge in [-0.25, -0.2) is 13.1 Å². The summed E-state index contributed by atoms with van der Waals surface area (Å²) >= 11 is 1.22. The van der Waals surface area contributed by atoms with Crippen molar-refractivity contribution in [2.75, 3.05) is 20.1 Å². The van der Waals surface area contributed by atoms with E-state index in [0.717, 1.165) is 38.5 Å². The molecule has 1 aromatic heterocycles. The van der Waals surface area contributed by atoms with Crippen LogP contribution in [0.3, 0.4) is 0 Å². The Morgan fingerprint density at radius 1 is 1.11 bits per heavy atom. The number of piperidine rings is 1. The van der Waals surface area contributed by atoms with Crippen molar-refractivity contribution in [3.63, 3.8) is 0 Å². The van der Waals surface area contributed by atoms with E-state index in [0.29, 0.717) is 18.0 Å². The zero-order chi connectivity index (χ0) is 18.6. The highest BCUT2D eigenvalue weighted by molar-refractivity contribution is 7.89. The van der Waals surface area contributed by atoms with Gasteiger partial charge in [0.15, 0.2) is 0 Å². The molecule has 2 heterocycles. The standard InChI is InChI=1S/C18H29N3O3S2.ClH/c1-19-15-9-6-11-21(13-15)18(22)17-16(10-12-25-17)26(23,24)20-14-7-4-2-3-5-8-14;/h10,12,14-15,19-20H,2-9,11,13H2,1H3;1H. The van der Waals surface area contributed by atoms with Gasteiger partial charge in [-0.05, 0) is 44.2 Å². The highest BCUT2D eigenvalue weighted by atomic mass is 35.5. The molecule has 0 spiro atoms. The molecule has 3 rings (SSSR count). The molecule has 2 aliphatic rings. The van der Waals surface area contributed by atoms with Crippen LogP contribution in [0.2, 0.25) is 0 Å². The first-order valence-corrected chi connectivity index (χ1v) is 11.9. The van der Waals surface area contributed by atoms with Gasteiger partial charge in [0.25, 0.3) is 5.91 Å². The maximum Gasteiger partial charge on any atom is 0.265 e. The molecular weight excluding hydrogens is 406 g/mol. The number of carbonyl (C=O) groups excluding carboxylic acids is 1. The molecule has 0 bridgehead atoms. The van der Waals surface area contributed by atoms with E-state index in [1.165, 1.54) is 24.2 Å². The Bertz CT molecular complexity index is 715. The average molecular weight is 436 g/mol. The molecule has 1 atom stereocenters. The zero-order valence-corrected chi connectivity index (χ0v) is 18.2. The first kappa shape index (κ1) is 22.6. The predicted octanol–water partition coefficient (Wildman–Crippen LogP) is 3.00. The molecule has 9 heteroatoms. The van der Waals surface area contributed by atoms with Crippen LogP contribution in [0.4, 0.5) is 0 Å². The van der Waals surface area contributed by atoms with Gasteiger partial charge in [0.05, 0.1) is 0 Å². The number of likely N-dealkylation sites (tertiary alicyclic amines) is 1. The minimum absolute atomic E-state index is 0. The molecule has 0 aromatic carbocycles. The summed E-state index contributed by atoms with van der Waals surface area (Å²) < 4.78 is 28.7. The summed E-state index contributed by atoms with van der Waals surface area (Å²) in [5, 5.41) is 4.92. The van der Waals surface area contributed by atoms with Crippen LogP contribution in [0, 0.1) is 0 Å². The van der Waals surface area contributed by atoms with Gasteiger partial charge < -0.3 is 10.2 Å². The molecule has 1 unspecified atom stereocenters. The largest absolute Gasteiger partial charge is 0.336 e. The van der Waals surface area contributed by atoms with Gasteiger partial charge in [-0.15, -0.1) is 23.7 Å². The minimum atomic E-state index is -3.67. The fourth-order valence-electron chi connectivity index (χ4n) is 3.89. The molecule has 6 nitrogen and oxygen atoms in total. The molecule has 1 saturated carbocycles. The molecule has 1 amide bonds. The molecule has 0 radical (unpaired) electrons. The van der Waals surface area contributed by atoms with Crippen LogP contribution in [0.25, 0.3) is 0 Å². The van der Waals surface area contributed by atoms with Crippen LogP contribution in [0.5, 0.6) is 0 Å². The predicted molar refractivity (Wildman–Crippen MR) is 111 cm³/mol. The highest BCUT2D eigenvalue weighted by Crippen LogP contribution is 2.27. The van der Waals surface area contributed by atoms with E-state index >= 15 is 0 Å². The molecule has 154 valence electrons. The lowest BCUT2D eigenvalue weighted by Crippen LogP contribution is -2.47. The zero-order valence-electron chi connectivity index (χ0n) is 15.8. The molecule has 1 saturated heterocycles. The van der Waals surface area contributed by atoms with Crippen LogP contribution in [0.15, 0.2) is 16.3 Å². The number of carbonyl (C=O) groups is 1. The fraction of sp³-hybridized carbons (Fsp3) is 0.722. The number of likely N-dealkylation sites (N-methyl/N-ethyl adjacent to an activating group) is 1. The number of thiophene rings is 1. The van der Waals surface area contributed by atoms with Crippen molar-refractivity contribution in [2.24, 2.45) is 0 Å². The molecule has 27 heavy (non-hydrogen) atoms. The average Bonchev–Trinajstić information content (AvgIpc) is 3.02. The third kappa shape index (κ3) is 5.67. The van der Waals surface area contributed by atoms with Crippen LogP contribution in [-0.4, -0.2) is 51.4 Å². The summed E-state index contributed by atoms with van der Waals surface area (Å²) in [6.07, 6.45) is 8.18. The topological polar surface area (TPSA) is 78.5 Å². The second-order valence-corrected chi connectivity index (χ2v) is 9.90. The quantitative estimate of drug-likeness (QED) is 0.697. The number of rotatable bonds is 5. The van der Waals surface area contributed by atoms with E-state index in [1.54, 1.807) is 16.3 Å². The van der Waals surface area contributed by atoms with Crippen LogP contribution in [0.1, 0.15) is 61.0 Å². The van der Waals surface area contributed by atoms with Gasteiger partial charge in [0.2, 0.25) is 10.0 Å². The monoisotopic (exact) mass is 435 g/mol. The number of halogens is 1. The van der Waals surface area contributed by atoms with Crippen LogP contribution < -0.4 is 10.0 Å².